The topological polar surface area (TPSA) is 42.2 Å². The van der Waals surface area contributed by atoms with Crippen LogP contribution in [0, 0.1) is 0 Å². The van der Waals surface area contributed by atoms with Gasteiger partial charge in [0.05, 0.1) is 17.2 Å². The van der Waals surface area contributed by atoms with Crippen LogP contribution in [0.4, 0.5) is 0 Å². The molecule has 2 rings (SSSR count). The summed E-state index contributed by atoms with van der Waals surface area (Å²) in [5.74, 6) is 0. The number of thiocarbonyl (C=S) groups is 1. The van der Waals surface area contributed by atoms with Crippen molar-refractivity contribution in [3.05, 3.63) is 54.1 Å². The number of hydrogen-bond acceptors (Lipinski definition) is 2. The molecule has 0 saturated carbocycles. The molecule has 0 amide bonds. The van der Waals surface area contributed by atoms with E-state index in [1.807, 2.05) is 42.6 Å². The molecule has 0 aliphatic heterocycles. The van der Waals surface area contributed by atoms with Gasteiger partial charge in [0.15, 0.2) is 5.11 Å². The fourth-order valence-electron chi connectivity index (χ4n) is 1.54. The summed E-state index contributed by atoms with van der Waals surface area (Å²) in [6.45, 7) is 2.93. The van der Waals surface area contributed by atoms with Crippen LogP contribution >= 0.6 is 12.2 Å². The van der Waals surface area contributed by atoms with Gasteiger partial charge < -0.3 is 5.32 Å². The number of aromatic nitrogens is 2. The summed E-state index contributed by atoms with van der Waals surface area (Å²) in [4.78, 5) is 4.28. The lowest BCUT2D eigenvalue weighted by molar-refractivity contribution is 0.826. The van der Waals surface area contributed by atoms with E-state index in [1.54, 1.807) is 10.9 Å². The molecule has 0 saturated heterocycles. The Kier molecular flexibility index (Phi) is 4.80. The normalized spacial score (nSPS) is 11.3. The molecular formula is C14H16N4S. The van der Waals surface area contributed by atoms with Gasteiger partial charge in [-0.3, -0.25) is 0 Å². The van der Waals surface area contributed by atoms with Gasteiger partial charge in [-0.15, -0.1) is 0 Å². The minimum absolute atomic E-state index is 0.501. The van der Waals surface area contributed by atoms with Crippen LogP contribution in [0.2, 0.25) is 0 Å². The Morgan fingerprint density at radius 1 is 1.32 bits per heavy atom. The van der Waals surface area contributed by atoms with Crippen molar-refractivity contribution in [2.45, 2.75) is 13.3 Å². The molecule has 1 aromatic carbocycles. The number of para-hydroxylation sites is 1. The van der Waals surface area contributed by atoms with Crippen molar-refractivity contribution in [3.8, 4) is 5.69 Å². The average Bonchev–Trinajstić information content (AvgIpc) is 2.47. The van der Waals surface area contributed by atoms with Gasteiger partial charge in [-0.25, -0.2) is 9.67 Å². The van der Waals surface area contributed by atoms with E-state index in [-0.39, 0.29) is 0 Å². The Balaban J connectivity index is 2.15. The second-order valence-electron chi connectivity index (χ2n) is 4.01. The molecule has 2 aromatic rings. The van der Waals surface area contributed by atoms with Crippen molar-refractivity contribution in [2.75, 3.05) is 6.54 Å². The SMILES string of the molecule is CCCNC(=S)/N=c1\ccn(-c2ccccc2)nc1. The lowest BCUT2D eigenvalue weighted by Gasteiger charge is -2.04. The summed E-state index contributed by atoms with van der Waals surface area (Å²) in [5.41, 5.74) is 1.01. The van der Waals surface area contributed by atoms with Crippen LogP contribution in [0.3, 0.4) is 0 Å². The first-order valence-electron chi connectivity index (χ1n) is 6.22. The van der Waals surface area contributed by atoms with Gasteiger partial charge in [-0.2, -0.15) is 5.10 Å². The zero-order valence-corrected chi connectivity index (χ0v) is 11.6. The second-order valence-corrected chi connectivity index (χ2v) is 4.40. The third kappa shape index (κ3) is 3.99. The Bertz CT molecular complexity index is 584. The van der Waals surface area contributed by atoms with Gasteiger partial charge in [0.25, 0.3) is 0 Å². The van der Waals surface area contributed by atoms with Crippen molar-refractivity contribution in [1.82, 2.24) is 15.1 Å². The molecule has 0 spiro atoms. The third-order valence-electron chi connectivity index (χ3n) is 2.48. The molecule has 0 bridgehead atoms. The van der Waals surface area contributed by atoms with E-state index in [0.717, 1.165) is 24.0 Å². The minimum Gasteiger partial charge on any atom is -0.361 e. The highest BCUT2D eigenvalue weighted by Crippen LogP contribution is 2.02. The summed E-state index contributed by atoms with van der Waals surface area (Å²) < 4.78 is 1.79. The summed E-state index contributed by atoms with van der Waals surface area (Å²) >= 11 is 5.12. The van der Waals surface area contributed by atoms with Crippen molar-refractivity contribution in [3.63, 3.8) is 0 Å². The number of rotatable bonds is 3. The standard InChI is InChI=1S/C14H16N4S/c1-2-9-15-14(19)17-12-8-10-18(16-11-12)13-6-4-3-5-7-13/h3-8,10-11H,2,9H2,1H3,(H,15,19)/b17-12+. The molecule has 0 atom stereocenters. The molecule has 0 aliphatic carbocycles. The predicted molar refractivity (Wildman–Crippen MR) is 80.0 cm³/mol. The molecular weight excluding hydrogens is 256 g/mol. The van der Waals surface area contributed by atoms with Gasteiger partial charge in [0.1, 0.15) is 0 Å². The molecule has 0 radical (unpaired) electrons. The maximum Gasteiger partial charge on any atom is 0.193 e. The predicted octanol–water partition coefficient (Wildman–Crippen LogP) is 2.06. The van der Waals surface area contributed by atoms with Gasteiger partial charge in [-0.1, -0.05) is 25.1 Å². The number of nitrogens with one attached hydrogen (secondary N) is 1. The Hall–Kier alpha value is -2.01. The quantitative estimate of drug-likeness (QED) is 0.870. The van der Waals surface area contributed by atoms with Crippen LogP contribution in [0.25, 0.3) is 5.69 Å². The first kappa shape index (κ1) is 13.4. The lowest BCUT2D eigenvalue weighted by Crippen LogP contribution is -2.23. The number of benzene rings is 1. The molecule has 4 nitrogen and oxygen atoms in total. The monoisotopic (exact) mass is 272 g/mol. The van der Waals surface area contributed by atoms with Crippen LogP contribution in [0.5, 0.6) is 0 Å². The highest BCUT2D eigenvalue weighted by Gasteiger charge is 1.94. The Morgan fingerprint density at radius 3 is 2.74 bits per heavy atom. The van der Waals surface area contributed by atoms with Crippen LogP contribution in [-0.2, 0) is 0 Å². The minimum atomic E-state index is 0.501. The van der Waals surface area contributed by atoms with Crippen LogP contribution < -0.4 is 10.7 Å². The smallest absolute Gasteiger partial charge is 0.193 e. The first-order chi connectivity index (χ1) is 9.29. The molecule has 1 heterocycles. The van der Waals surface area contributed by atoms with E-state index in [0.29, 0.717) is 5.11 Å². The molecule has 1 aromatic heterocycles. The molecule has 0 aliphatic rings. The van der Waals surface area contributed by atoms with E-state index in [4.69, 9.17) is 12.2 Å². The van der Waals surface area contributed by atoms with Gasteiger partial charge in [0.2, 0.25) is 0 Å². The van der Waals surface area contributed by atoms with E-state index >= 15 is 0 Å². The zero-order chi connectivity index (χ0) is 13.5. The Labute approximate surface area is 117 Å². The first-order valence-corrected chi connectivity index (χ1v) is 6.63. The van der Waals surface area contributed by atoms with Gasteiger partial charge in [-0.05, 0) is 36.8 Å². The van der Waals surface area contributed by atoms with Crippen molar-refractivity contribution in [2.24, 2.45) is 4.99 Å². The summed E-state index contributed by atoms with van der Waals surface area (Å²) in [7, 11) is 0. The summed E-state index contributed by atoms with van der Waals surface area (Å²) in [6.07, 6.45) is 4.60. The van der Waals surface area contributed by atoms with Crippen molar-refractivity contribution < 1.29 is 0 Å². The molecule has 5 heteroatoms. The Morgan fingerprint density at radius 2 is 2.11 bits per heavy atom. The van der Waals surface area contributed by atoms with Crippen molar-refractivity contribution in [1.29, 1.82) is 0 Å². The highest BCUT2D eigenvalue weighted by atomic mass is 32.1. The maximum atomic E-state index is 5.12. The molecule has 0 unspecified atom stereocenters. The molecule has 0 fully saturated rings. The van der Waals surface area contributed by atoms with E-state index < -0.39 is 0 Å². The second kappa shape index (κ2) is 6.80. The lowest BCUT2D eigenvalue weighted by atomic mass is 10.3. The number of nitrogens with zero attached hydrogens (tertiary/aromatic N) is 3. The van der Waals surface area contributed by atoms with E-state index in [1.165, 1.54) is 0 Å². The largest absolute Gasteiger partial charge is 0.361 e. The average molecular weight is 272 g/mol. The fourth-order valence-corrected chi connectivity index (χ4v) is 1.75. The van der Waals surface area contributed by atoms with Crippen LogP contribution in [0.1, 0.15) is 13.3 Å². The van der Waals surface area contributed by atoms with E-state index in [2.05, 4.69) is 22.3 Å². The molecule has 1 N–H and O–H groups in total. The fraction of sp³-hybridized carbons (Fsp3) is 0.214. The van der Waals surface area contributed by atoms with Gasteiger partial charge in [0, 0.05) is 12.7 Å². The molecule has 19 heavy (non-hydrogen) atoms. The summed E-state index contributed by atoms with van der Waals surface area (Å²) in [6, 6.07) is 11.8. The third-order valence-corrected chi connectivity index (χ3v) is 2.71. The van der Waals surface area contributed by atoms with Gasteiger partial charge >= 0.3 is 0 Å². The van der Waals surface area contributed by atoms with Crippen molar-refractivity contribution >= 4 is 17.3 Å². The maximum absolute atomic E-state index is 5.12. The molecule has 98 valence electrons. The summed E-state index contributed by atoms with van der Waals surface area (Å²) in [5, 5.41) is 8.63. The number of hydrogen-bond donors (Lipinski definition) is 1. The van der Waals surface area contributed by atoms with Crippen LogP contribution in [-0.4, -0.2) is 21.4 Å². The van der Waals surface area contributed by atoms with Crippen LogP contribution in [0.15, 0.2) is 53.8 Å². The highest BCUT2D eigenvalue weighted by molar-refractivity contribution is 7.80. The zero-order valence-electron chi connectivity index (χ0n) is 10.8. The van der Waals surface area contributed by atoms with E-state index in [9.17, 15) is 0 Å².